The molecule has 1 atom stereocenters. The molecule has 5 heteroatoms. The Hall–Kier alpha value is -2.43. The number of nitrogens with zero attached hydrogens (tertiary/aromatic N) is 2. The van der Waals surface area contributed by atoms with E-state index >= 15 is 0 Å². The Bertz CT molecular complexity index is 627. The van der Waals surface area contributed by atoms with Gasteiger partial charge in [-0.1, -0.05) is 25.1 Å². The standard InChI is InChI=1S/C16H20N4O/c1-4-12(3)18-15(21)14-9-10-17-16(20-14)19-13-8-6-5-7-11(13)2/h5-10,12H,4H2,1-3H3,(H,18,21)(H,17,19,20). The summed E-state index contributed by atoms with van der Waals surface area (Å²) >= 11 is 0. The Balaban J connectivity index is 2.14. The van der Waals surface area contributed by atoms with E-state index in [1.165, 1.54) is 0 Å². The third kappa shape index (κ3) is 4.02. The molecule has 110 valence electrons. The first-order valence-corrected chi connectivity index (χ1v) is 7.06. The summed E-state index contributed by atoms with van der Waals surface area (Å²) in [7, 11) is 0. The van der Waals surface area contributed by atoms with Gasteiger partial charge in [-0.2, -0.15) is 0 Å². The maximum absolute atomic E-state index is 12.1. The molecule has 0 radical (unpaired) electrons. The van der Waals surface area contributed by atoms with Crippen LogP contribution in [0.2, 0.25) is 0 Å². The Morgan fingerprint density at radius 1 is 1.29 bits per heavy atom. The lowest BCUT2D eigenvalue weighted by Gasteiger charge is -2.12. The molecule has 1 amide bonds. The summed E-state index contributed by atoms with van der Waals surface area (Å²) in [5.41, 5.74) is 2.38. The van der Waals surface area contributed by atoms with Gasteiger partial charge in [-0.25, -0.2) is 9.97 Å². The van der Waals surface area contributed by atoms with E-state index in [2.05, 4.69) is 20.6 Å². The van der Waals surface area contributed by atoms with E-state index in [0.717, 1.165) is 17.7 Å². The van der Waals surface area contributed by atoms with Crippen molar-refractivity contribution in [1.29, 1.82) is 0 Å². The lowest BCUT2D eigenvalue weighted by Crippen LogP contribution is -2.32. The van der Waals surface area contributed by atoms with E-state index in [9.17, 15) is 4.79 Å². The Labute approximate surface area is 124 Å². The normalized spacial score (nSPS) is 11.8. The minimum atomic E-state index is -0.181. The van der Waals surface area contributed by atoms with Crippen LogP contribution in [0, 0.1) is 6.92 Å². The highest BCUT2D eigenvalue weighted by atomic mass is 16.1. The van der Waals surface area contributed by atoms with Gasteiger partial charge in [0.25, 0.3) is 5.91 Å². The van der Waals surface area contributed by atoms with Gasteiger partial charge in [-0.3, -0.25) is 4.79 Å². The predicted octanol–water partition coefficient (Wildman–Crippen LogP) is 3.06. The molecule has 21 heavy (non-hydrogen) atoms. The van der Waals surface area contributed by atoms with Crippen molar-refractivity contribution in [3.63, 3.8) is 0 Å². The van der Waals surface area contributed by atoms with Crippen molar-refractivity contribution < 1.29 is 4.79 Å². The number of anilines is 2. The molecule has 1 heterocycles. The number of amides is 1. The zero-order valence-corrected chi connectivity index (χ0v) is 12.6. The minimum absolute atomic E-state index is 0.125. The molecule has 1 aromatic heterocycles. The Kier molecular flexibility index (Phi) is 4.87. The molecular weight excluding hydrogens is 264 g/mol. The molecule has 0 aliphatic carbocycles. The van der Waals surface area contributed by atoms with Crippen LogP contribution in [0.25, 0.3) is 0 Å². The van der Waals surface area contributed by atoms with Gasteiger partial charge < -0.3 is 10.6 Å². The zero-order chi connectivity index (χ0) is 15.2. The predicted molar refractivity (Wildman–Crippen MR) is 83.7 cm³/mol. The zero-order valence-electron chi connectivity index (χ0n) is 12.6. The molecule has 1 unspecified atom stereocenters. The topological polar surface area (TPSA) is 66.9 Å². The van der Waals surface area contributed by atoms with Crippen LogP contribution in [0.5, 0.6) is 0 Å². The molecule has 0 bridgehead atoms. The average Bonchev–Trinajstić information content (AvgIpc) is 2.49. The van der Waals surface area contributed by atoms with Crippen molar-refractivity contribution in [1.82, 2.24) is 15.3 Å². The molecule has 0 aliphatic heterocycles. The summed E-state index contributed by atoms with van der Waals surface area (Å²) in [5, 5.41) is 6.02. The fourth-order valence-electron chi connectivity index (χ4n) is 1.78. The van der Waals surface area contributed by atoms with Crippen LogP contribution < -0.4 is 10.6 Å². The molecule has 1 aromatic carbocycles. The molecule has 0 saturated carbocycles. The second kappa shape index (κ2) is 6.83. The van der Waals surface area contributed by atoms with Crippen molar-refractivity contribution in [2.24, 2.45) is 0 Å². The second-order valence-electron chi connectivity index (χ2n) is 4.99. The second-order valence-corrected chi connectivity index (χ2v) is 4.99. The Morgan fingerprint density at radius 2 is 2.05 bits per heavy atom. The van der Waals surface area contributed by atoms with Gasteiger partial charge in [-0.05, 0) is 38.0 Å². The number of hydrogen-bond acceptors (Lipinski definition) is 4. The summed E-state index contributed by atoms with van der Waals surface area (Å²) in [5.74, 6) is 0.237. The summed E-state index contributed by atoms with van der Waals surface area (Å²) in [6.07, 6.45) is 2.46. The van der Waals surface area contributed by atoms with Crippen LogP contribution in [0.15, 0.2) is 36.5 Å². The van der Waals surface area contributed by atoms with Crippen LogP contribution in [-0.4, -0.2) is 21.9 Å². The summed E-state index contributed by atoms with van der Waals surface area (Å²) in [6, 6.07) is 9.60. The van der Waals surface area contributed by atoms with E-state index in [4.69, 9.17) is 0 Å². The van der Waals surface area contributed by atoms with Crippen molar-refractivity contribution in [2.45, 2.75) is 33.2 Å². The number of benzene rings is 1. The highest BCUT2D eigenvalue weighted by molar-refractivity contribution is 5.92. The van der Waals surface area contributed by atoms with Crippen LogP contribution in [0.3, 0.4) is 0 Å². The quantitative estimate of drug-likeness (QED) is 0.885. The van der Waals surface area contributed by atoms with E-state index < -0.39 is 0 Å². The largest absolute Gasteiger partial charge is 0.348 e. The SMILES string of the molecule is CCC(C)NC(=O)c1ccnc(Nc2ccccc2C)n1. The minimum Gasteiger partial charge on any atom is -0.348 e. The molecule has 2 rings (SSSR count). The van der Waals surface area contributed by atoms with Gasteiger partial charge >= 0.3 is 0 Å². The molecule has 2 aromatic rings. The van der Waals surface area contributed by atoms with Crippen molar-refractivity contribution >= 4 is 17.5 Å². The van der Waals surface area contributed by atoms with Crippen LogP contribution in [0.4, 0.5) is 11.6 Å². The third-order valence-electron chi connectivity index (χ3n) is 3.27. The van der Waals surface area contributed by atoms with Gasteiger partial charge in [0.1, 0.15) is 5.69 Å². The first-order chi connectivity index (χ1) is 10.1. The maximum Gasteiger partial charge on any atom is 0.270 e. The van der Waals surface area contributed by atoms with E-state index in [0.29, 0.717) is 11.6 Å². The highest BCUT2D eigenvalue weighted by Gasteiger charge is 2.11. The molecule has 0 fully saturated rings. The van der Waals surface area contributed by atoms with Crippen LogP contribution >= 0.6 is 0 Å². The van der Waals surface area contributed by atoms with E-state index in [1.54, 1.807) is 12.3 Å². The third-order valence-corrected chi connectivity index (χ3v) is 3.27. The molecular formula is C16H20N4O. The van der Waals surface area contributed by atoms with Crippen molar-refractivity contribution in [3.05, 3.63) is 47.8 Å². The fourth-order valence-corrected chi connectivity index (χ4v) is 1.78. The first-order valence-electron chi connectivity index (χ1n) is 7.06. The monoisotopic (exact) mass is 284 g/mol. The molecule has 0 saturated heterocycles. The molecule has 5 nitrogen and oxygen atoms in total. The molecule has 0 aliphatic rings. The smallest absolute Gasteiger partial charge is 0.270 e. The number of hydrogen-bond donors (Lipinski definition) is 2. The van der Waals surface area contributed by atoms with Gasteiger partial charge in [0.15, 0.2) is 0 Å². The number of para-hydroxylation sites is 1. The van der Waals surface area contributed by atoms with Crippen molar-refractivity contribution in [3.8, 4) is 0 Å². The van der Waals surface area contributed by atoms with Gasteiger partial charge in [-0.15, -0.1) is 0 Å². The highest BCUT2D eigenvalue weighted by Crippen LogP contribution is 2.17. The first kappa shape index (κ1) is 15.0. The van der Waals surface area contributed by atoms with Crippen molar-refractivity contribution in [2.75, 3.05) is 5.32 Å². The van der Waals surface area contributed by atoms with Crippen LogP contribution in [0.1, 0.15) is 36.3 Å². The number of aryl methyl sites for hydroxylation is 1. The van der Waals surface area contributed by atoms with E-state index in [1.807, 2.05) is 45.0 Å². The molecule has 2 N–H and O–H groups in total. The number of aromatic nitrogens is 2. The van der Waals surface area contributed by atoms with Gasteiger partial charge in [0, 0.05) is 17.9 Å². The summed E-state index contributed by atoms with van der Waals surface area (Å²) in [6.45, 7) is 5.99. The number of carbonyl (C=O) groups excluding carboxylic acids is 1. The van der Waals surface area contributed by atoms with Crippen LogP contribution in [-0.2, 0) is 0 Å². The lowest BCUT2D eigenvalue weighted by atomic mass is 10.2. The number of nitrogens with one attached hydrogen (secondary N) is 2. The lowest BCUT2D eigenvalue weighted by molar-refractivity contribution is 0.0934. The number of rotatable bonds is 5. The average molecular weight is 284 g/mol. The maximum atomic E-state index is 12.1. The fraction of sp³-hybridized carbons (Fsp3) is 0.312. The Morgan fingerprint density at radius 3 is 2.76 bits per heavy atom. The summed E-state index contributed by atoms with van der Waals surface area (Å²) < 4.78 is 0. The van der Waals surface area contributed by atoms with E-state index in [-0.39, 0.29) is 11.9 Å². The van der Waals surface area contributed by atoms with Gasteiger partial charge in [0.05, 0.1) is 0 Å². The number of carbonyl (C=O) groups is 1. The summed E-state index contributed by atoms with van der Waals surface area (Å²) in [4.78, 5) is 20.5. The van der Waals surface area contributed by atoms with Gasteiger partial charge in [0.2, 0.25) is 5.95 Å². The molecule has 0 spiro atoms.